The van der Waals surface area contributed by atoms with Crippen molar-refractivity contribution in [3.05, 3.63) is 83.6 Å². The number of hydrogen-bond donors (Lipinski definition) is 1. The number of fused-ring (bicyclic) bond motifs is 1. The summed E-state index contributed by atoms with van der Waals surface area (Å²) in [5.41, 5.74) is 2.98. The summed E-state index contributed by atoms with van der Waals surface area (Å²) in [7, 11) is 0. The van der Waals surface area contributed by atoms with E-state index >= 15 is 0 Å². The topological polar surface area (TPSA) is 86.1 Å². The van der Waals surface area contributed by atoms with Gasteiger partial charge in [-0.25, -0.2) is 4.79 Å². The van der Waals surface area contributed by atoms with E-state index in [2.05, 4.69) is 39.6 Å². The lowest BCUT2D eigenvalue weighted by Gasteiger charge is -2.09. The molecule has 38 heavy (non-hydrogen) atoms. The molecule has 5 aromatic rings. The zero-order chi connectivity index (χ0) is 26.5. The van der Waals surface area contributed by atoms with Crippen molar-refractivity contribution in [2.45, 2.75) is 18.6 Å². The number of anilines is 1. The van der Waals surface area contributed by atoms with Crippen molar-refractivity contribution < 1.29 is 14.3 Å². The number of nitrogens with one attached hydrogen (secondary N) is 1. The van der Waals surface area contributed by atoms with Gasteiger partial charge in [-0.05, 0) is 18.6 Å². The Morgan fingerprint density at radius 3 is 2.61 bits per heavy atom. The molecule has 0 radical (unpaired) electrons. The first-order valence-electron chi connectivity index (χ1n) is 11.9. The standard InChI is InChI=1S/C28H24N4O3S3/c1-3-14-32-25(21-16-36-22-13-9-8-12-19(21)22)30-31-28(32)38-17-23(33)29-26-24(27(34)35-4-2)20(15-37-26)18-10-6-5-7-11-18/h3,5-13,15-16H,1,4,14,17H2,2H3,(H,29,33). The van der Waals surface area contributed by atoms with Gasteiger partial charge >= 0.3 is 5.97 Å². The summed E-state index contributed by atoms with van der Waals surface area (Å²) in [5.74, 6) is 0.118. The Balaban J connectivity index is 1.35. The summed E-state index contributed by atoms with van der Waals surface area (Å²) in [4.78, 5) is 25.8. The molecule has 3 heterocycles. The SMILES string of the molecule is C=CCn1c(SCC(=O)Nc2scc(-c3ccccc3)c2C(=O)OCC)nnc1-c1csc2ccccc12. The van der Waals surface area contributed by atoms with E-state index in [1.165, 1.54) is 27.8 Å². The van der Waals surface area contributed by atoms with Gasteiger partial charge < -0.3 is 10.1 Å². The van der Waals surface area contributed by atoms with Crippen molar-refractivity contribution in [2.24, 2.45) is 0 Å². The van der Waals surface area contributed by atoms with E-state index in [1.807, 2.05) is 52.4 Å². The summed E-state index contributed by atoms with van der Waals surface area (Å²) >= 11 is 4.25. The predicted molar refractivity (Wildman–Crippen MR) is 156 cm³/mol. The highest BCUT2D eigenvalue weighted by molar-refractivity contribution is 7.99. The third-order valence-electron chi connectivity index (χ3n) is 5.69. The largest absolute Gasteiger partial charge is 0.462 e. The van der Waals surface area contributed by atoms with Gasteiger partial charge in [-0.15, -0.1) is 39.4 Å². The fraction of sp³-hybridized carbons (Fsp3) is 0.143. The fourth-order valence-corrected chi connectivity index (χ4v) is 6.68. The van der Waals surface area contributed by atoms with Crippen LogP contribution in [0.25, 0.3) is 32.6 Å². The summed E-state index contributed by atoms with van der Waals surface area (Å²) in [5, 5.41) is 17.9. The van der Waals surface area contributed by atoms with E-state index in [0.29, 0.717) is 22.3 Å². The maximum absolute atomic E-state index is 13.0. The number of aromatic nitrogens is 3. The van der Waals surface area contributed by atoms with Crippen molar-refractivity contribution in [2.75, 3.05) is 17.7 Å². The molecule has 5 rings (SSSR count). The van der Waals surface area contributed by atoms with Crippen molar-refractivity contribution in [3.63, 3.8) is 0 Å². The highest BCUT2D eigenvalue weighted by Crippen LogP contribution is 2.37. The van der Waals surface area contributed by atoms with Crippen molar-refractivity contribution in [1.82, 2.24) is 14.8 Å². The van der Waals surface area contributed by atoms with Crippen LogP contribution in [0, 0.1) is 0 Å². The molecule has 0 fully saturated rings. The zero-order valence-electron chi connectivity index (χ0n) is 20.5. The second-order valence-electron chi connectivity index (χ2n) is 8.13. The number of nitrogens with zero attached hydrogens (tertiary/aromatic N) is 3. The van der Waals surface area contributed by atoms with Crippen LogP contribution in [0.4, 0.5) is 5.00 Å². The minimum absolute atomic E-state index is 0.0977. The second kappa shape index (κ2) is 11.8. The van der Waals surface area contributed by atoms with Crippen LogP contribution in [0.5, 0.6) is 0 Å². The highest BCUT2D eigenvalue weighted by Gasteiger charge is 2.23. The number of benzene rings is 2. The summed E-state index contributed by atoms with van der Waals surface area (Å²) in [6.07, 6.45) is 1.79. The van der Waals surface area contributed by atoms with Crippen LogP contribution in [0.2, 0.25) is 0 Å². The fourth-order valence-electron chi connectivity index (χ4n) is 4.02. The Kier molecular flexibility index (Phi) is 8.02. The molecular formula is C28H24N4O3S3. The Morgan fingerprint density at radius 2 is 1.82 bits per heavy atom. The first-order chi connectivity index (χ1) is 18.6. The van der Waals surface area contributed by atoms with Gasteiger partial charge in [-0.1, -0.05) is 66.4 Å². The van der Waals surface area contributed by atoms with Crippen LogP contribution in [-0.4, -0.2) is 39.0 Å². The van der Waals surface area contributed by atoms with E-state index in [-0.39, 0.29) is 18.3 Å². The van der Waals surface area contributed by atoms with Crippen LogP contribution < -0.4 is 5.32 Å². The van der Waals surface area contributed by atoms with Crippen molar-refractivity contribution in [1.29, 1.82) is 0 Å². The van der Waals surface area contributed by atoms with Crippen LogP contribution in [0.1, 0.15) is 17.3 Å². The lowest BCUT2D eigenvalue weighted by atomic mass is 10.0. The molecule has 0 bridgehead atoms. The lowest BCUT2D eigenvalue weighted by molar-refractivity contribution is -0.113. The molecule has 1 N–H and O–H groups in total. The first-order valence-corrected chi connectivity index (χ1v) is 14.6. The zero-order valence-corrected chi connectivity index (χ0v) is 23.0. The van der Waals surface area contributed by atoms with E-state index in [0.717, 1.165) is 27.9 Å². The van der Waals surface area contributed by atoms with Gasteiger partial charge in [-0.3, -0.25) is 9.36 Å². The number of rotatable bonds is 10. The van der Waals surface area contributed by atoms with Gasteiger partial charge in [0.25, 0.3) is 0 Å². The Bertz CT molecular complexity index is 1600. The third-order valence-corrected chi connectivity index (χ3v) is 8.52. The Labute approximate surface area is 232 Å². The normalized spacial score (nSPS) is 11.0. The third kappa shape index (κ3) is 5.28. The lowest BCUT2D eigenvalue weighted by Crippen LogP contribution is -2.17. The molecule has 2 aromatic carbocycles. The Hall–Kier alpha value is -3.73. The summed E-state index contributed by atoms with van der Waals surface area (Å²) in [6.45, 7) is 6.39. The number of esters is 1. The van der Waals surface area contributed by atoms with Crippen molar-refractivity contribution >= 4 is 61.4 Å². The van der Waals surface area contributed by atoms with Crippen LogP contribution in [-0.2, 0) is 16.1 Å². The van der Waals surface area contributed by atoms with E-state index < -0.39 is 5.97 Å². The molecule has 192 valence electrons. The number of thiophene rings is 2. The van der Waals surface area contributed by atoms with Crippen molar-refractivity contribution in [3.8, 4) is 22.5 Å². The second-order valence-corrected chi connectivity index (χ2v) is 10.9. The molecule has 7 nitrogen and oxygen atoms in total. The minimum atomic E-state index is -0.464. The molecule has 0 saturated carbocycles. The maximum atomic E-state index is 13.0. The molecule has 0 saturated heterocycles. The quantitative estimate of drug-likeness (QED) is 0.113. The first kappa shape index (κ1) is 25.9. The van der Waals surface area contributed by atoms with E-state index in [4.69, 9.17) is 4.74 Å². The number of amides is 1. The monoisotopic (exact) mass is 560 g/mol. The van der Waals surface area contributed by atoms with Gasteiger partial charge in [0.15, 0.2) is 11.0 Å². The Morgan fingerprint density at radius 1 is 1.05 bits per heavy atom. The summed E-state index contributed by atoms with van der Waals surface area (Å²) < 4.78 is 8.43. The number of hydrogen-bond acceptors (Lipinski definition) is 8. The van der Waals surface area contributed by atoms with Gasteiger partial charge in [0.2, 0.25) is 5.91 Å². The number of thioether (sulfide) groups is 1. The molecule has 0 aliphatic carbocycles. The number of ether oxygens (including phenoxy) is 1. The van der Waals surface area contributed by atoms with Gasteiger partial charge in [0.05, 0.1) is 12.4 Å². The van der Waals surface area contributed by atoms with E-state index in [1.54, 1.807) is 24.3 Å². The van der Waals surface area contributed by atoms with E-state index in [9.17, 15) is 9.59 Å². The molecule has 10 heteroatoms. The molecule has 0 aliphatic heterocycles. The molecule has 0 spiro atoms. The number of allylic oxidation sites excluding steroid dienone is 1. The predicted octanol–water partition coefficient (Wildman–Crippen LogP) is 6.98. The summed E-state index contributed by atoms with van der Waals surface area (Å²) in [6, 6.07) is 17.7. The molecule has 0 aliphatic rings. The maximum Gasteiger partial charge on any atom is 0.341 e. The minimum Gasteiger partial charge on any atom is -0.462 e. The van der Waals surface area contributed by atoms with Gasteiger partial charge in [0.1, 0.15) is 10.6 Å². The van der Waals surface area contributed by atoms with Crippen LogP contribution >= 0.6 is 34.4 Å². The average molecular weight is 561 g/mol. The average Bonchev–Trinajstić information content (AvgIpc) is 3.65. The molecule has 0 unspecified atom stereocenters. The highest BCUT2D eigenvalue weighted by atomic mass is 32.2. The molecule has 1 amide bonds. The smallest absolute Gasteiger partial charge is 0.341 e. The number of carbonyl (C=O) groups excluding carboxylic acids is 2. The molecule has 3 aromatic heterocycles. The van der Waals surface area contributed by atoms with Gasteiger partial charge in [-0.2, -0.15) is 0 Å². The van der Waals surface area contributed by atoms with Gasteiger partial charge in [0, 0.05) is 38.5 Å². The van der Waals surface area contributed by atoms with Crippen LogP contribution in [0.3, 0.4) is 0 Å². The number of carbonyl (C=O) groups is 2. The molecular weight excluding hydrogens is 537 g/mol. The van der Waals surface area contributed by atoms with Crippen LogP contribution in [0.15, 0.2) is 83.2 Å². The molecule has 0 atom stereocenters.